The van der Waals surface area contributed by atoms with Gasteiger partial charge in [-0.05, 0) is 13.8 Å². The van der Waals surface area contributed by atoms with Gasteiger partial charge in [0.2, 0.25) is 0 Å². The van der Waals surface area contributed by atoms with Crippen LogP contribution in [0.1, 0.15) is 32.7 Å². The van der Waals surface area contributed by atoms with Crippen LogP contribution in [0.2, 0.25) is 0 Å². The SMILES string of the molecule is CC(O)n1c(=O)n(CCC(=O)O)c(=O)n(C(C)O)c1=O. The molecular formula is C10H15N3O7. The Balaban J connectivity index is 3.68. The Morgan fingerprint density at radius 3 is 1.70 bits per heavy atom. The molecule has 112 valence electrons. The number of hydrogen-bond donors (Lipinski definition) is 3. The summed E-state index contributed by atoms with van der Waals surface area (Å²) in [6.07, 6.45) is -3.58. The summed E-state index contributed by atoms with van der Waals surface area (Å²) in [4.78, 5) is 46.2. The lowest BCUT2D eigenvalue weighted by Crippen LogP contribution is -2.56. The van der Waals surface area contributed by atoms with E-state index < -0.39 is 48.5 Å². The molecule has 10 heteroatoms. The Hall–Kier alpha value is -2.20. The first-order valence-electron chi connectivity index (χ1n) is 5.74. The van der Waals surface area contributed by atoms with Crippen LogP contribution in [0, 0.1) is 0 Å². The molecule has 20 heavy (non-hydrogen) atoms. The number of aliphatic hydroxyl groups excluding tert-OH is 2. The summed E-state index contributed by atoms with van der Waals surface area (Å²) in [5, 5.41) is 27.4. The minimum absolute atomic E-state index is 0.357. The summed E-state index contributed by atoms with van der Waals surface area (Å²) in [6.45, 7) is 1.77. The van der Waals surface area contributed by atoms with E-state index in [9.17, 15) is 29.4 Å². The van der Waals surface area contributed by atoms with Crippen LogP contribution in [0.4, 0.5) is 0 Å². The highest BCUT2D eigenvalue weighted by Crippen LogP contribution is 1.94. The monoisotopic (exact) mass is 289 g/mol. The molecule has 2 unspecified atom stereocenters. The maximum atomic E-state index is 11.9. The van der Waals surface area contributed by atoms with Crippen LogP contribution in [0.15, 0.2) is 14.4 Å². The molecule has 3 N–H and O–H groups in total. The highest BCUT2D eigenvalue weighted by atomic mass is 16.4. The Kier molecular flexibility index (Phi) is 4.63. The molecule has 0 aliphatic rings. The number of carbonyl (C=O) groups is 1. The van der Waals surface area contributed by atoms with Gasteiger partial charge in [-0.15, -0.1) is 0 Å². The van der Waals surface area contributed by atoms with Gasteiger partial charge >= 0.3 is 23.0 Å². The molecule has 2 atom stereocenters. The lowest BCUT2D eigenvalue weighted by Gasteiger charge is -2.16. The predicted molar refractivity (Wildman–Crippen MR) is 65.3 cm³/mol. The van der Waals surface area contributed by atoms with E-state index in [1.807, 2.05) is 0 Å². The lowest BCUT2D eigenvalue weighted by atomic mass is 10.4. The molecule has 0 aliphatic heterocycles. The molecule has 0 fully saturated rings. The molecule has 0 saturated heterocycles. The van der Waals surface area contributed by atoms with E-state index in [0.717, 1.165) is 13.8 Å². The van der Waals surface area contributed by atoms with Gasteiger partial charge in [0, 0.05) is 6.54 Å². The van der Waals surface area contributed by atoms with Crippen molar-refractivity contribution in [2.75, 3.05) is 0 Å². The number of carboxylic acid groups (broad SMARTS) is 1. The molecule has 10 nitrogen and oxygen atoms in total. The molecule has 0 aliphatic carbocycles. The van der Waals surface area contributed by atoms with Crippen molar-refractivity contribution in [3.05, 3.63) is 31.5 Å². The third kappa shape index (κ3) is 2.86. The lowest BCUT2D eigenvalue weighted by molar-refractivity contribution is -0.137. The summed E-state index contributed by atoms with van der Waals surface area (Å²) in [5.74, 6) is -1.24. The second-order valence-corrected chi connectivity index (χ2v) is 4.15. The molecule has 0 radical (unpaired) electrons. The number of nitrogens with zero attached hydrogens (tertiary/aromatic N) is 3. The average molecular weight is 289 g/mol. The summed E-state index contributed by atoms with van der Waals surface area (Å²) < 4.78 is 1.20. The van der Waals surface area contributed by atoms with Gasteiger partial charge in [-0.2, -0.15) is 0 Å². The number of carboxylic acids is 1. The van der Waals surface area contributed by atoms with Crippen LogP contribution in [0.3, 0.4) is 0 Å². The van der Waals surface area contributed by atoms with Crippen LogP contribution in [-0.4, -0.2) is 35.0 Å². The van der Waals surface area contributed by atoms with E-state index in [2.05, 4.69) is 0 Å². The van der Waals surface area contributed by atoms with E-state index >= 15 is 0 Å². The zero-order valence-electron chi connectivity index (χ0n) is 10.9. The van der Waals surface area contributed by atoms with Crippen molar-refractivity contribution < 1.29 is 20.1 Å². The Morgan fingerprint density at radius 1 is 1.00 bits per heavy atom. The Bertz CT molecular complexity index is 633. The maximum Gasteiger partial charge on any atom is 0.340 e. The van der Waals surface area contributed by atoms with Gasteiger partial charge in [-0.25, -0.2) is 28.1 Å². The first kappa shape index (κ1) is 15.9. The molecule has 1 heterocycles. The zero-order chi connectivity index (χ0) is 15.6. The third-order valence-electron chi connectivity index (χ3n) is 2.58. The van der Waals surface area contributed by atoms with E-state index in [0.29, 0.717) is 13.7 Å². The number of hydrogen-bond acceptors (Lipinski definition) is 6. The van der Waals surface area contributed by atoms with Crippen molar-refractivity contribution >= 4 is 5.97 Å². The van der Waals surface area contributed by atoms with Crippen molar-refractivity contribution in [3.63, 3.8) is 0 Å². The molecule has 0 amide bonds. The first-order valence-corrected chi connectivity index (χ1v) is 5.74. The van der Waals surface area contributed by atoms with Crippen molar-refractivity contribution in [1.82, 2.24) is 13.7 Å². The normalized spacial score (nSPS) is 14.0. The summed E-state index contributed by atoms with van der Waals surface area (Å²) >= 11 is 0. The van der Waals surface area contributed by atoms with Gasteiger partial charge < -0.3 is 15.3 Å². The smallest absolute Gasteiger partial charge is 0.340 e. The fourth-order valence-corrected chi connectivity index (χ4v) is 1.66. The number of rotatable bonds is 5. The number of aromatic nitrogens is 3. The third-order valence-corrected chi connectivity index (χ3v) is 2.58. The van der Waals surface area contributed by atoms with E-state index in [-0.39, 0.29) is 0 Å². The fraction of sp³-hybridized carbons (Fsp3) is 0.600. The predicted octanol–water partition coefficient (Wildman–Crippen LogP) is -2.33. The van der Waals surface area contributed by atoms with E-state index in [1.165, 1.54) is 0 Å². The Labute approximate surface area is 111 Å². The van der Waals surface area contributed by atoms with Crippen molar-refractivity contribution in [3.8, 4) is 0 Å². The molecule has 0 aromatic carbocycles. The topological polar surface area (TPSA) is 144 Å². The van der Waals surface area contributed by atoms with Gasteiger partial charge in [-0.3, -0.25) is 4.79 Å². The second-order valence-electron chi connectivity index (χ2n) is 4.15. The average Bonchev–Trinajstić information content (AvgIpc) is 2.26. The summed E-state index contributed by atoms with van der Waals surface area (Å²) in [5.41, 5.74) is -3.43. The number of aliphatic hydroxyl groups is 2. The van der Waals surface area contributed by atoms with E-state index in [4.69, 9.17) is 5.11 Å². The largest absolute Gasteiger partial charge is 0.481 e. The minimum Gasteiger partial charge on any atom is -0.481 e. The van der Waals surface area contributed by atoms with Gasteiger partial charge in [0.25, 0.3) is 0 Å². The van der Waals surface area contributed by atoms with Crippen LogP contribution in [0.5, 0.6) is 0 Å². The number of aliphatic carboxylic acids is 1. The molecule has 1 rings (SSSR count). The van der Waals surface area contributed by atoms with Crippen molar-refractivity contribution in [2.24, 2.45) is 0 Å². The van der Waals surface area contributed by atoms with Gasteiger partial charge in [-0.1, -0.05) is 0 Å². The van der Waals surface area contributed by atoms with E-state index in [1.54, 1.807) is 0 Å². The standard InChI is InChI=1S/C10H15N3O7/c1-5(14)12-8(18)11(4-3-7(16)17)9(19)13(6(2)15)10(12)20/h5-6,14-15H,3-4H2,1-2H3,(H,16,17). The zero-order valence-corrected chi connectivity index (χ0v) is 10.9. The minimum atomic E-state index is -1.53. The first-order chi connectivity index (χ1) is 9.18. The summed E-state index contributed by atoms with van der Waals surface area (Å²) in [7, 11) is 0. The summed E-state index contributed by atoms with van der Waals surface area (Å²) in [6, 6.07) is 0. The molecule has 0 saturated carbocycles. The van der Waals surface area contributed by atoms with Crippen LogP contribution in [-0.2, 0) is 11.3 Å². The molecule has 1 aromatic rings. The van der Waals surface area contributed by atoms with Crippen molar-refractivity contribution in [2.45, 2.75) is 39.3 Å². The maximum absolute atomic E-state index is 11.9. The fourth-order valence-electron chi connectivity index (χ4n) is 1.66. The van der Waals surface area contributed by atoms with Gasteiger partial charge in [0.05, 0.1) is 6.42 Å². The molecule has 0 spiro atoms. The van der Waals surface area contributed by atoms with Gasteiger partial charge in [0.1, 0.15) is 12.5 Å². The Morgan fingerprint density at radius 2 is 1.40 bits per heavy atom. The highest BCUT2D eigenvalue weighted by molar-refractivity contribution is 5.66. The van der Waals surface area contributed by atoms with Crippen LogP contribution in [0.25, 0.3) is 0 Å². The van der Waals surface area contributed by atoms with Crippen LogP contribution >= 0.6 is 0 Å². The van der Waals surface area contributed by atoms with Gasteiger partial charge in [0.15, 0.2) is 0 Å². The second kappa shape index (κ2) is 5.84. The molecule has 0 bridgehead atoms. The van der Waals surface area contributed by atoms with Crippen LogP contribution < -0.4 is 17.1 Å². The highest BCUT2D eigenvalue weighted by Gasteiger charge is 2.20. The molecule has 1 aromatic heterocycles. The van der Waals surface area contributed by atoms with Crippen molar-refractivity contribution in [1.29, 1.82) is 0 Å². The quantitative estimate of drug-likeness (QED) is 0.551. The molecular weight excluding hydrogens is 274 g/mol.